The van der Waals surface area contributed by atoms with Gasteiger partial charge < -0.3 is 9.80 Å². The highest BCUT2D eigenvalue weighted by Gasteiger charge is 2.35. The quantitative estimate of drug-likeness (QED) is 0.767. The van der Waals surface area contributed by atoms with E-state index in [9.17, 15) is 9.59 Å². The molecule has 1 heterocycles. The third kappa shape index (κ3) is 2.99. The van der Waals surface area contributed by atoms with Crippen LogP contribution >= 0.6 is 23.2 Å². The molecule has 0 saturated heterocycles. The van der Waals surface area contributed by atoms with Gasteiger partial charge in [0.2, 0.25) is 11.8 Å². The number of anilines is 1. The molecule has 24 heavy (non-hydrogen) atoms. The molecule has 1 atom stereocenters. The van der Waals surface area contributed by atoms with E-state index in [1.807, 2.05) is 30.3 Å². The number of amides is 2. The van der Waals surface area contributed by atoms with E-state index in [1.54, 1.807) is 30.1 Å². The Kier molecular flexibility index (Phi) is 4.78. The number of fused-ring (bicyclic) bond motifs is 1. The zero-order valence-corrected chi connectivity index (χ0v) is 14.6. The van der Waals surface area contributed by atoms with E-state index < -0.39 is 6.04 Å². The highest BCUT2D eigenvalue weighted by molar-refractivity contribution is 6.30. The molecule has 2 aromatic rings. The second kappa shape index (κ2) is 6.83. The first-order valence-corrected chi connectivity index (χ1v) is 8.40. The van der Waals surface area contributed by atoms with Crippen molar-refractivity contribution in [3.63, 3.8) is 0 Å². The van der Waals surface area contributed by atoms with E-state index in [-0.39, 0.29) is 24.2 Å². The van der Waals surface area contributed by atoms with Crippen LogP contribution in [0, 0.1) is 0 Å². The molecule has 6 heteroatoms. The lowest BCUT2D eigenvalue weighted by Crippen LogP contribution is -2.41. The van der Waals surface area contributed by atoms with Gasteiger partial charge in [0.1, 0.15) is 12.4 Å². The van der Waals surface area contributed by atoms with Crippen LogP contribution in [0.2, 0.25) is 5.02 Å². The van der Waals surface area contributed by atoms with Crippen molar-refractivity contribution in [2.75, 3.05) is 24.4 Å². The predicted octanol–water partition coefficient (Wildman–Crippen LogP) is 3.47. The van der Waals surface area contributed by atoms with Crippen LogP contribution in [0.4, 0.5) is 5.69 Å². The number of alkyl halides is 1. The molecule has 0 N–H and O–H groups in total. The molecule has 0 fully saturated rings. The summed E-state index contributed by atoms with van der Waals surface area (Å²) in [5, 5.41) is 0.552. The summed E-state index contributed by atoms with van der Waals surface area (Å²) in [7, 11) is 1.70. The fourth-order valence-electron chi connectivity index (χ4n) is 3.00. The summed E-state index contributed by atoms with van der Waals surface area (Å²) in [5.41, 5.74) is 2.45. The topological polar surface area (TPSA) is 40.6 Å². The van der Waals surface area contributed by atoms with Gasteiger partial charge in [0.15, 0.2) is 0 Å². The zero-order chi connectivity index (χ0) is 17.3. The first-order chi connectivity index (χ1) is 11.5. The minimum absolute atomic E-state index is 0.0338. The van der Waals surface area contributed by atoms with Crippen LogP contribution in [0.3, 0.4) is 0 Å². The van der Waals surface area contributed by atoms with E-state index in [0.717, 1.165) is 16.8 Å². The van der Waals surface area contributed by atoms with Crippen LogP contribution in [-0.2, 0) is 9.59 Å². The fourth-order valence-corrected chi connectivity index (χ4v) is 3.33. The van der Waals surface area contributed by atoms with Gasteiger partial charge in [-0.15, -0.1) is 11.6 Å². The summed E-state index contributed by atoms with van der Waals surface area (Å²) in [6.45, 7) is -0.0338. The number of likely N-dealkylation sites (N-methyl/N-ethyl adjacent to an activating group) is 1. The minimum atomic E-state index is -0.417. The number of hydrogen-bond acceptors (Lipinski definition) is 2. The van der Waals surface area contributed by atoms with Crippen molar-refractivity contribution < 1.29 is 9.59 Å². The van der Waals surface area contributed by atoms with Gasteiger partial charge in [-0.3, -0.25) is 9.59 Å². The number of carbonyl (C=O) groups excluding carboxylic acids is 2. The van der Waals surface area contributed by atoms with E-state index in [2.05, 4.69) is 0 Å². The summed E-state index contributed by atoms with van der Waals surface area (Å²) >= 11 is 12.0. The van der Waals surface area contributed by atoms with Crippen molar-refractivity contribution in [1.82, 2.24) is 4.90 Å². The lowest BCUT2D eigenvalue weighted by Gasteiger charge is -2.30. The number of carbonyl (C=O) groups is 2. The van der Waals surface area contributed by atoms with E-state index in [1.165, 1.54) is 4.90 Å². The first kappa shape index (κ1) is 16.8. The second-order valence-corrected chi connectivity index (χ2v) is 6.33. The van der Waals surface area contributed by atoms with Gasteiger partial charge in [-0.2, -0.15) is 0 Å². The molecule has 0 bridgehead atoms. The first-order valence-electron chi connectivity index (χ1n) is 7.49. The van der Waals surface area contributed by atoms with Crippen LogP contribution in [0.15, 0.2) is 48.5 Å². The number of benzene rings is 2. The lowest BCUT2D eigenvalue weighted by atomic mass is 9.95. The van der Waals surface area contributed by atoms with Crippen LogP contribution in [0.1, 0.15) is 17.2 Å². The van der Waals surface area contributed by atoms with Crippen molar-refractivity contribution in [2.24, 2.45) is 0 Å². The van der Waals surface area contributed by atoms with Crippen LogP contribution in [-0.4, -0.2) is 36.2 Å². The van der Waals surface area contributed by atoms with Crippen molar-refractivity contribution in [2.45, 2.75) is 6.04 Å². The van der Waals surface area contributed by atoms with E-state index in [4.69, 9.17) is 23.2 Å². The molecule has 0 saturated carbocycles. The average molecular weight is 363 g/mol. The van der Waals surface area contributed by atoms with E-state index >= 15 is 0 Å². The molecule has 3 rings (SSSR count). The molecule has 124 valence electrons. The maximum absolute atomic E-state index is 12.5. The lowest BCUT2D eigenvalue weighted by molar-refractivity contribution is -0.134. The maximum atomic E-state index is 12.5. The molecule has 0 aliphatic carbocycles. The highest BCUT2D eigenvalue weighted by atomic mass is 35.5. The third-order valence-corrected chi connectivity index (χ3v) is 4.65. The van der Waals surface area contributed by atoms with Crippen molar-refractivity contribution in [1.29, 1.82) is 0 Å². The Balaban J connectivity index is 2.25. The number of nitrogens with zero attached hydrogens (tertiary/aromatic N) is 2. The molecule has 4 nitrogen and oxygen atoms in total. The average Bonchev–Trinajstić information content (AvgIpc) is 2.70. The third-order valence-electron chi connectivity index (χ3n) is 4.19. The minimum Gasteiger partial charge on any atom is -0.321 e. The normalized spacial score (nSPS) is 17.5. The van der Waals surface area contributed by atoms with Gasteiger partial charge in [-0.25, -0.2) is 0 Å². The number of halogens is 2. The van der Waals surface area contributed by atoms with Crippen molar-refractivity contribution >= 4 is 40.7 Å². The Labute approximate surface area is 150 Å². The van der Waals surface area contributed by atoms with E-state index in [0.29, 0.717) is 5.02 Å². The molecule has 0 spiro atoms. The van der Waals surface area contributed by atoms with Crippen molar-refractivity contribution in [3.05, 3.63) is 64.7 Å². The molecule has 0 radical (unpaired) electrons. The monoisotopic (exact) mass is 362 g/mol. The second-order valence-electron chi connectivity index (χ2n) is 5.62. The molecule has 1 aliphatic heterocycles. The van der Waals surface area contributed by atoms with Gasteiger partial charge in [-0.1, -0.05) is 41.9 Å². The number of hydrogen-bond donors (Lipinski definition) is 0. The Morgan fingerprint density at radius 3 is 2.58 bits per heavy atom. The summed E-state index contributed by atoms with van der Waals surface area (Å²) in [5.74, 6) is -0.647. The smallest absolute Gasteiger partial charge is 0.246 e. The van der Waals surface area contributed by atoms with Gasteiger partial charge >= 0.3 is 0 Å². The maximum Gasteiger partial charge on any atom is 0.246 e. The van der Waals surface area contributed by atoms with Crippen LogP contribution in [0.5, 0.6) is 0 Å². The number of rotatable bonds is 2. The molecule has 0 aromatic heterocycles. The van der Waals surface area contributed by atoms with Gasteiger partial charge in [0.25, 0.3) is 0 Å². The SMILES string of the molecule is CN1C(=O)CN(C(=O)CCl)C(c2ccccc2)c2cc(Cl)ccc21. The summed E-state index contributed by atoms with van der Waals surface area (Å²) in [4.78, 5) is 28.0. The summed E-state index contributed by atoms with van der Waals surface area (Å²) in [6, 6.07) is 14.5. The molecular formula is C18H16Cl2N2O2. The Bertz CT molecular complexity index is 780. The predicted molar refractivity (Wildman–Crippen MR) is 95.6 cm³/mol. The fraction of sp³-hybridized carbons (Fsp3) is 0.222. The Morgan fingerprint density at radius 2 is 1.92 bits per heavy atom. The molecule has 1 unspecified atom stereocenters. The highest BCUT2D eigenvalue weighted by Crippen LogP contribution is 2.38. The van der Waals surface area contributed by atoms with Gasteiger partial charge in [0, 0.05) is 23.3 Å². The van der Waals surface area contributed by atoms with Crippen molar-refractivity contribution in [3.8, 4) is 0 Å². The standard InChI is InChI=1S/C18H16Cl2N2O2/c1-21-15-8-7-13(20)9-14(15)18(12-5-3-2-4-6-12)22(11-17(21)24)16(23)10-19/h2-9,18H,10-11H2,1H3. The van der Waals surface area contributed by atoms with Gasteiger partial charge in [-0.05, 0) is 23.8 Å². The van der Waals surface area contributed by atoms with Crippen LogP contribution in [0.25, 0.3) is 0 Å². The molecule has 2 amide bonds. The zero-order valence-electron chi connectivity index (χ0n) is 13.1. The summed E-state index contributed by atoms with van der Waals surface area (Å²) < 4.78 is 0. The molecular weight excluding hydrogens is 347 g/mol. The summed E-state index contributed by atoms with van der Waals surface area (Å²) in [6.07, 6.45) is 0. The largest absolute Gasteiger partial charge is 0.321 e. The Morgan fingerprint density at radius 1 is 1.21 bits per heavy atom. The molecule has 1 aliphatic rings. The van der Waals surface area contributed by atoms with Crippen LogP contribution < -0.4 is 4.90 Å². The van der Waals surface area contributed by atoms with Gasteiger partial charge in [0.05, 0.1) is 6.04 Å². The Hall–Kier alpha value is -2.04. The molecule has 2 aromatic carbocycles.